The lowest BCUT2D eigenvalue weighted by Crippen LogP contribution is -2.39. The number of nitrogens with zero attached hydrogens (tertiary/aromatic N) is 2. The van der Waals surface area contributed by atoms with E-state index in [4.69, 9.17) is 9.26 Å². The lowest BCUT2D eigenvalue weighted by atomic mass is 9.97. The summed E-state index contributed by atoms with van der Waals surface area (Å²) in [4.78, 5) is 14.0. The molecule has 0 bridgehead atoms. The van der Waals surface area contributed by atoms with Gasteiger partial charge in [0.15, 0.2) is 0 Å². The molecule has 1 aliphatic rings. The zero-order chi connectivity index (χ0) is 15.2. The largest absolute Gasteiger partial charge is 0.376 e. The zero-order valence-corrected chi connectivity index (χ0v) is 12.5. The van der Waals surface area contributed by atoms with Crippen molar-refractivity contribution in [1.82, 2.24) is 10.1 Å². The van der Waals surface area contributed by atoms with Gasteiger partial charge in [0.2, 0.25) is 5.76 Å². The van der Waals surface area contributed by atoms with E-state index >= 15 is 0 Å². The molecule has 0 radical (unpaired) electrons. The van der Waals surface area contributed by atoms with Crippen molar-refractivity contribution in [2.45, 2.75) is 19.4 Å². The predicted octanol–water partition coefficient (Wildman–Crippen LogP) is 2.74. The molecule has 22 heavy (non-hydrogen) atoms. The van der Waals surface area contributed by atoms with Crippen LogP contribution in [-0.2, 0) is 11.3 Å². The molecule has 0 spiro atoms. The van der Waals surface area contributed by atoms with Gasteiger partial charge in [0.05, 0.1) is 12.8 Å². The lowest BCUT2D eigenvalue weighted by molar-refractivity contribution is 0.0456. The molecule has 0 unspecified atom stereocenters. The minimum absolute atomic E-state index is 0.0684. The maximum Gasteiger partial charge on any atom is 0.292 e. The number of amides is 1. The second-order valence-corrected chi connectivity index (χ2v) is 5.61. The number of piperidine rings is 1. The number of carbonyl (C=O) groups excluding carboxylic acids is 1. The van der Waals surface area contributed by atoms with E-state index in [9.17, 15) is 4.79 Å². The molecule has 5 heteroatoms. The number of carbonyl (C=O) groups is 1. The first-order chi connectivity index (χ1) is 10.8. The van der Waals surface area contributed by atoms with Crippen LogP contribution in [0.2, 0.25) is 0 Å². The van der Waals surface area contributed by atoms with Crippen molar-refractivity contribution < 1.29 is 14.1 Å². The van der Waals surface area contributed by atoms with E-state index in [1.165, 1.54) is 11.8 Å². The topological polar surface area (TPSA) is 55.6 Å². The first-order valence-electron chi connectivity index (χ1n) is 7.64. The maximum absolute atomic E-state index is 12.1. The number of hydrogen-bond acceptors (Lipinski definition) is 4. The summed E-state index contributed by atoms with van der Waals surface area (Å²) < 4.78 is 10.7. The van der Waals surface area contributed by atoms with Crippen molar-refractivity contribution >= 4 is 5.91 Å². The number of ether oxygens (including phenoxy) is 1. The van der Waals surface area contributed by atoms with Crippen LogP contribution in [0, 0.1) is 5.92 Å². The monoisotopic (exact) mass is 300 g/mol. The van der Waals surface area contributed by atoms with E-state index in [1.54, 1.807) is 6.07 Å². The Morgan fingerprint density at radius 1 is 1.23 bits per heavy atom. The van der Waals surface area contributed by atoms with Crippen molar-refractivity contribution in [3.63, 3.8) is 0 Å². The minimum atomic E-state index is -0.0684. The van der Waals surface area contributed by atoms with E-state index in [-0.39, 0.29) is 5.91 Å². The van der Waals surface area contributed by atoms with Crippen LogP contribution in [0.1, 0.15) is 29.0 Å². The Labute approximate surface area is 129 Å². The standard InChI is InChI=1S/C17H20N2O3/c20-17(16-6-9-18-22-16)19-10-7-15(8-11-19)13-21-12-14-4-2-1-3-5-14/h1-6,9,15H,7-8,10-13H2. The highest BCUT2D eigenvalue weighted by Gasteiger charge is 2.25. The molecule has 1 amide bonds. The van der Waals surface area contributed by atoms with Crippen molar-refractivity contribution in [3.8, 4) is 0 Å². The van der Waals surface area contributed by atoms with Gasteiger partial charge in [-0.05, 0) is 24.3 Å². The molecule has 0 atom stereocenters. The molecule has 1 aromatic heterocycles. The number of rotatable bonds is 5. The number of likely N-dealkylation sites (tertiary alicyclic amines) is 1. The normalized spacial score (nSPS) is 15.9. The quantitative estimate of drug-likeness (QED) is 0.852. The van der Waals surface area contributed by atoms with Gasteiger partial charge in [-0.2, -0.15) is 0 Å². The van der Waals surface area contributed by atoms with Crippen LogP contribution in [0.4, 0.5) is 0 Å². The fraction of sp³-hybridized carbons (Fsp3) is 0.412. The molecule has 116 valence electrons. The molecule has 1 aromatic carbocycles. The van der Waals surface area contributed by atoms with Crippen LogP contribution in [-0.4, -0.2) is 35.7 Å². The second kappa shape index (κ2) is 7.22. The Balaban J connectivity index is 1.39. The van der Waals surface area contributed by atoms with Crippen molar-refractivity contribution in [1.29, 1.82) is 0 Å². The van der Waals surface area contributed by atoms with Gasteiger partial charge in [-0.25, -0.2) is 0 Å². The van der Waals surface area contributed by atoms with Crippen molar-refractivity contribution in [2.75, 3.05) is 19.7 Å². The summed E-state index contributed by atoms with van der Waals surface area (Å²) in [5, 5.41) is 3.58. The smallest absolute Gasteiger partial charge is 0.292 e. The molecule has 2 aromatic rings. The molecule has 1 aliphatic heterocycles. The molecule has 0 saturated carbocycles. The van der Waals surface area contributed by atoms with Crippen LogP contribution in [0.15, 0.2) is 47.1 Å². The summed E-state index contributed by atoms with van der Waals surface area (Å²) in [6, 6.07) is 11.8. The SMILES string of the molecule is O=C(c1ccno1)N1CCC(COCc2ccccc2)CC1. The van der Waals surface area contributed by atoms with Crippen molar-refractivity contribution in [3.05, 3.63) is 53.9 Å². The molecule has 2 heterocycles. The van der Waals surface area contributed by atoms with E-state index in [1.807, 2.05) is 23.1 Å². The number of hydrogen-bond donors (Lipinski definition) is 0. The number of aromatic nitrogens is 1. The zero-order valence-electron chi connectivity index (χ0n) is 12.5. The summed E-state index contributed by atoms with van der Waals surface area (Å²) in [6.07, 6.45) is 3.43. The Kier molecular flexibility index (Phi) is 4.85. The maximum atomic E-state index is 12.1. The third kappa shape index (κ3) is 3.74. The fourth-order valence-corrected chi connectivity index (χ4v) is 2.70. The van der Waals surface area contributed by atoms with Gasteiger partial charge in [0, 0.05) is 25.8 Å². The lowest BCUT2D eigenvalue weighted by Gasteiger charge is -2.31. The van der Waals surface area contributed by atoms with E-state index < -0.39 is 0 Å². The van der Waals surface area contributed by atoms with Gasteiger partial charge >= 0.3 is 0 Å². The molecular weight excluding hydrogens is 280 g/mol. The number of benzene rings is 1. The average molecular weight is 300 g/mol. The minimum Gasteiger partial charge on any atom is -0.376 e. The first-order valence-corrected chi connectivity index (χ1v) is 7.64. The molecule has 3 rings (SSSR count). The van der Waals surface area contributed by atoms with Gasteiger partial charge in [-0.1, -0.05) is 35.5 Å². The molecule has 5 nitrogen and oxygen atoms in total. The van der Waals surface area contributed by atoms with Gasteiger partial charge < -0.3 is 14.2 Å². The highest BCUT2D eigenvalue weighted by atomic mass is 16.5. The fourth-order valence-electron chi connectivity index (χ4n) is 2.70. The highest BCUT2D eigenvalue weighted by Crippen LogP contribution is 2.19. The summed E-state index contributed by atoms with van der Waals surface area (Å²) in [5.74, 6) is 0.766. The Bertz CT molecular complexity index is 575. The van der Waals surface area contributed by atoms with Gasteiger partial charge in [0.25, 0.3) is 5.91 Å². The van der Waals surface area contributed by atoms with Crippen LogP contribution >= 0.6 is 0 Å². The van der Waals surface area contributed by atoms with Crippen LogP contribution in [0.3, 0.4) is 0 Å². The van der Waals surface area contributed by atoms with E-state index in [0.717, 1.165) is 32.5 Å². The molecule has 1 fully saturated rings. The predicted molar refractivity (Wildman–Crippen MR) is 81.2 cm³/mol. The Hall–Kier alpha value is -2.14. The third-order valence-corrected chi connectivity index (χ3v) is 4.02. The molecule has 0 aliphatic carbocycles. The van der Waals surface area contributed by atoms with Gasteiger partial charge in [-0.15, -0.1) is 0 Å². The Morgan fingerprint density at radius 3 is 2.68 bits per heavy atom. The first kappa shape index (κ1) is 14.8. The van der Waals surface area contributed by atoms with Crippen LogP contribution in [0.5, 0.6) is 0 Å². The van der Waals surface area contributed by atoms with Crippen LogP contribution in [0.25, 0.3) is 0 Å². The molecular formula is C17H20N2O3. The van der Waals surface area contributed by atoms with E-state index in [0.29, 0.717) is 18.3 Å². The Morgan fingerprint density at radius 2 is 2.00 bits per heavy atom. The third-order valence-electron chi connectivity index (χ3n) is 4.02. The van der Waals surface area contributed by atoms with Gasteiger partial charge in [-0.3, -0.25) is 4.79 Å². The molecule has 1 saturated heterocycles. The highest BCUT2D eigenvalue weighted by molar-refractivity contribution is 5.91. The second-order valence-electron chi connectivity index (χ2n) is 5.61. The molecule has 0 N–H and O–H groups in total. The van der Waals surface area contributed by atoms with Crippen LogP contribution < -0.4 is 0 Å². The summed E-state index contributed by atoms with van der Waals surface area (Å²) in [5.41, 5.74) is 1.19. The van der Waals surface area contributed by atoms with E-state index in [2.05, 4.69) is 17.3 Å². The summed E-state index contributed by atoms with van der Waals surface area (Å²) in [6.45, 7) is 2.90. The van der Waals surface area contributed by atoms with Crippen molar-refractivity contribution in [2.24, 2.45) is 5.92 Å². The van der Waals surface area contributed by atoms with Gasteiger partial charge in [0.1, 0.15) is 0 Å². The summed E-state index contributed by atoms with van der Waals surface area (Å²) >= 11 is 0. The summed E-state index contributed by atoms with van der Waals surface area (Å²) in [7, 11) is 0. The average Bonchev–Trinajstić information content (AvgIpc) is 3.10.